The molecule has 1 heterocycles. The van der Waals surface area contributed by atoms with Crippen molar-refractivity contribution in [2.24, 2.45) is 0 Å². The van der Waals surface area contributed by atoms with Gasteiger partial charge in [0.1, 0.15) is 4.90 Å². The third-order valence-electron chi connectivity index (χ3n) is 2.93. The number of sulfonamides is 1. The van der Waals surface area contributed by atoms with E-state index in [1.165, 1.54) is 12.1 Å². The van der Waals surface area contributed by atoms with Gasteiger partial charge in [0.2, 0.25) is 10.0 Å². The molecular formula is C11H13BrCl2N2O2S. The van der Waals surface area contributed by atoms with Gasteiger partial charge in [0.15, 0.2) is 0 Å². The predicted molar refractivity (Wildman–Crippen MR) is 80.4 cm³/mol. The van der Waals surface area contributed by atoms with Crippen molar-refractivity contribution >= 4 is 49.2 Å². The van der Waals surface area contributed by atoms with Gasteiger partial charge in [-0.3, -0.25) is 0 Å². The van der Waals surface area contributed by atoms with Crippen LogP contribution in [-0.2, 0) is 10.0 Å². The molecule has 0 radical (unpaired) electrons. The third-order valence-corrected chi connectivity index (χ3v) is 6.11. The van der Waals surface area contributed by atoms with Crippen molar-refractivity contribution in [2.75, 3.05) is 13.1 Å². The number of nitrogens with one attached hydrogen (secondary N) is 2. The van der Waals surface area contributed by atoms with Crippen LogP contribution in [0.4, 0.5) is 0 Å². The van der Waals surface area contributed by atoms with E-state index in [0.717, 1.165) is 25.9 Å². The summed E-state index contributed by atoms with van der Waals surface area (Å²) in [6.45, 7) is 1.62. The Morgan fingerprint density at radius 1 is 1.21 bits per heavy atom. The zero-order valence-electron chi connectivity index (χ0n) is 9.92. The second-order valence-electron chi connectivity index (χ2n) is 4.34. The lowest BCUT2D eigenvalue weighted by Gasteiger charge is -2.23. The minimum Gasteiger partial charge on any atom is -0.317 e. The van der Waals surface area contributed by atoms with Crippen molar-refractivity contribution in [1.29, 1.82) is 0 Å². The first-order valence-electron chi connectivity index (χ1n) is 5.78. The van der Waals surface area contributed by atoms with Crippen molar-refractivity contribution in [2.45, 2.75) is 23.8 Å². The Hall–Kier alpha value is 0.150. The van der Waals surface area contributed by atoms with Crippen LogP contribution in [0.1, 0.15) is 12.8 Å². The zero-order chi connectivity index (χ0) is 14.0. The summed E-state index contributed by atoms with van der Waals surface area (Å²) in [5.74, 6) is 0. The molecule has 1 aliphatic heterocycles. The van der Waals surface area contributed by atoms with Crippen LogP contribution in [0.15, 0.2) is 21.5 Å². The van der Waals surface area contributed by atoms with Crippen LogP contribution in [0.3, 0.4) is 0 Å². The van der Waals surface area contributed by atoms with E-state index >= 15 is 0 Å². The molecule has 0 spiro atoms. The van der Waals surface area contributed by atoms with E-state index in [0.29, 0.717) is 9.50 Å². The predicted octanol–water partition coefficient (Wildman–Crippen LogP) is 2.79. The van der Waals surface area contributed by atoms with Crippen molar-refractivity contribution in [3.8, 4) is 0 Å². The Bertz CT molecular complexity index is 574. The van der Waals surface area contributed by atoms with E-state index in [2.05, 4.69) is 26.0 Å². The van der Waals surface area contributed by atoms with Gasteiger partial charge < -0.3 is 5.32 Å². The highest BCUT2D eigenvalue weighted by atomic mass is 79.9. The molecule has 0 aliphatic carbocycles. The van der Waals surface area contributed by atoms with Crippen LogP contribution in [0.25, 0.3) is 0 Å². The van der Waals surface area contributed by atoms with E-state index in [4.69, 9.17) is 23.2 Å². The summed E-state index contributed by atoms with van der Waals surface area (Å²) in [5.41, 5.74) is 0. The lowest BCUT2D eigenvalue weighted by molar-refractivity contribution is 0.427. The fraction of sp³-hybridized carbons (Fsp3) is 0.455. The van der Waals surface area contributed by atoms with Gasteiger partial charge in [0.05, 0.1) is 10.0 Å². The van der Waals surface area contributed by atoms with Gasteiger partial charge in [-0.15, -0.1) is 0 Å². The largest absolute Gasteiger partial charge is 0.317 e. The average Bonchev–Trinajstić information content (AvgIpc) is 2.34. The fourth-order valence-corrected chi connectivity index (χ4v) is 4.51. The molecule has 1 fully saturated rings. The Morgan fingerprint density at radius 2 is 1.84 bits per heavy atom. The lowest BCUT2D eigenvalue weighted by Crippen LogP contribution is -2.42. The van der Waals surface area contributed by atoms with E-state index in [1.807, 2.05) is 0 Å². The van der Waals surface area contributed by atoms with Crippen LogP contribution in [0.2, 0.25) is 10.0 Å². The molecule has 0 aromatic heterocycles. The van der Waals surface area contributed by atoms with Crippen LogP contribution < -0.4 is 10.0 Å². The quantitative estimate of drug-likeness (QED) is 0.784. The van der Waals surface area contributed by atoms with Gasteiger partial charge in [-0.05, 0) is 54.0 Å². The highest BCUT2D eigenvalue weighted by Gasteiger charge is 2.24. The number of halogens is 3. The van der Waals surface area contributed by atoms with Gasteiger partial charge in [-0.1, -0.05) is 23.2 Å². The van der Waals surface area contributed by atoms with Crippen molar-refractivity contribution in [3.05, 3.63) is 26.7 Å². The van der Waals surface area contributed by atoms with Gasteiger partial charge in [0, 0.05) is 10.5 Å². The van der Waals surface area contributed by atoms with Crippen LogP contribution >= 0.6 is 39.1 Å². The average molecular weight is 388 g/mol. The number of piperidine rings is 1. The molecule has 1 aromatic carbocycles. The standard InChI is InChI=1S/C11H13BrCl2N2O2S/c12-8-5-11(10(14)6-9(8)13)19(17,18)16-7-1-3-15-4-2-7/h5-7,15-16H,1-4H2. The molecule has 8 heteroatoms. The number of rotatable bonds is 3. The molecule has 1 aromatic rings. The summed E-state index contributed by atoms with van der Waals surface area (Å²) in [7, 11) is -3.63. The zero-order valence-corrected chi connectivity index (χ0v) is 13.8. The van der Waals surface area contributed by atoms with E-state index < -0.39 is 10.0 Å². The molecule has 0 unspecified atom stereocenters. The van der Waals surface area contributed by atoms with Gasteiger partial charge in [-0.2, -0.15) is 0 Å². The first kappa shape index (κ1) is 15.5. The normalized spacial score (nSPS) is 17.6. The molecule has 1 saturated heterocycles. The Balaban J connectivity index is 2.26. The Kier molecular flexibility index (Phi) is 5.14. The Morgan fingerprint density at radius 3 is 2.47 bits per heavy atom. The SMILES string of the molecule is O=S(=O)(NC1CCNCC1)c1cc(Br)c(Cl)cc1Cl. The summed E-state index contributed by atoms with van der Waals surface area (Å²) in [6.07, 6.45) is 1.54. The van der Waals surface area contributed by atoms with Crippen molar-refractivity contribution in [3.63, 3.8) is 0 Å². The number of hydrogen-bond acceptors (Lipinski definition) is 3. The van der Waals surface area contributed by atoms with Crippen LogP contribution in [0.5, 0.6) is 0 Å². The van der Waals surface area contributed by atoms with Gasteiger partial charge >= 0.3 is 0 Å². The smallest absolute Gasteiger partial charge is 0.242 e. The Labute approximate surface area is 131 Å². The molecule has 19 heavy (non-hydrogen) atoms. The molecule has 0 saturated carbocycles. The minimum absolute atomic E-state index is 0.0453. The molecule has 2 rings (SSSR count). The van der Waals surface area contributed by atoms with E-state index in [9.17, 15) is 8.42 Å². The maximum atomic E-state index is 12.3. The van der Waals surface area contributed by atoms with Crippen LogP contribution in [0, 0.1) is 0 Å². The van der Waals surface area contributed by atoms with E-state index in [1.54, 1.807) is 0 Å². The van der Waals surface area contributed by atoms with Gasteiger partial charge in [-0.25, -0.2) is 13.1 Å². The summed E-state index contributed by atoms with van der Waals surface area (Å²) in [5, 5.41) is 3.68. The lowest BCUT2D eigenvalue weighted by atomic mass is 10.1. The fourth-order valence-electron chi connectivity index (χ4n) is 1.93. The first-order valence-corrected chi connectivity index (χ1v) is 8.81. The third kappa shape index (κ3) is 3.83. The van der Waals surface area contributed by atoms with Crippen molar-refractivity contribution in [1.82, 2.24) is 10.0 Å². The van der Waals surface area contributed by atoms with E-state index in [-0.39, 0.29) is 16.0 Å². The second-order valence-corrected chi connectivity index (χ2v) is 7.69. The maximum absolute atomic E-state index is 12.3. The molecule has 2 N–H and O–H groups in total. The monoisotopic (exact) mass is 386 g/mol. The highest BCUT2D eigenvalue weighted by Crippen LogP contribution is 2.32. The number of benzene rings is 1. The summed E-state index contributed by atoms with van der Waals surface area (Å²) in [4.78, 5) is 0.0453. The molecule has 0 bridgehead atoms. The highest BCUT2D eigenvalue weighted by molar-refractivity contribution is 9.10. The molecule has 0 amide bonds. The molecule has 4 nitrogen and oxygen atoms in total. The molecule has 1 aliphatic rings. The molecule has 106 valence electrons. The topological polar surface area (TPSA) is 58.2 Å². The summed E-state index contributed by atoms with van der Waals surface area (Å²) in [6, 6.07) is 2.79. The number of hydrogen-bond donors (Lipinski definition) is 2. The van der Waals surface area contributed by atoms with Crippen LogP contribution in [-0.4, -0.2) is 27.5 Å². The minimum atomic E-state index is -3.63. The summed E-state index contributed by atoms with van der Waals surface area (Å²) >= 11 is 15.0. The first-order chi connectivity index (χ1) is 8.90. The van der Waals surface area contributed by atoms with Gasteiger partial charge in [0.25, 0.3) is 0 Å². The van der Waals surface area contributed by atoms with Crippen molar-refractivity contribution < 1.29 is 8.42 Å². The second kappa shape index (κ2) is 6.28. The molecule has 0 atom stereocenters. The maximum Gasteiger partial charge on any atom is 0.242 e. The molecular weight excluding hydrogens is 375 g/mol. The summed E-state index contributed by atoms with van der Waals surface area (Å²) < 4.78 is 27.8.